The van der Waals surface area contributed by atoms with Crippen LogP contribution >= 0.6 is 20.2 Å². The van der Waals surface area contributed by atoms with E-state index in [1.807, 2.05) is 0 Å². The van der Waals surface area contributed by atoms with Crippen LogP contribution in [0.3, 0.4) is 0 Å². The number of aliphatic hydroxyl groups is 1. The summed E-state index contributed by atoms with van der Waals surface area (Å²) in [5.41, 5.74) is 0.831. The number of para-hydroxylation sites is 1. The van der Waals surface area contributed by atoms with Crippen molar-refractivity contribution in [1.29, 1.82) is 0 Å². The van der Waals surface area contributed by atoms with E-state index in [9.17, 15) is 28.8 Å². The van der Waals surface area contributed by atoms with Crippen molar-refractivity contribution < 1.29 is 46.9 Å². The standard InChI is InChI=1S/C27H38FN4O11P.ClH/c1-17(2)41-24(36)18(3)30-44(38,43-19-9-6-5-7-10-19)40-15-20-23(35)27(4,28)25(42-20)31-14-12-21(33)32(26(31)37)16-39-22(34)11-8-13-29;/h5-7,9-10,12,14,17-18,20,23,25,35H,8,11,13,15-16,29H2,1-4H3,(H,30,38);1H/t18-,20+,23+,25+,27+,44-;/m0./s1. The fraction of sp³-hybridized carbons (Fsp3) is 0.556. The van der Waals surface area contributed by atoms with Crippen LogP contribution in [-0.4, -0.2) is 69.4 Å². The second-order valence-corrected chi connectivity index (χ2v) is 12.2. The van der Waals surface area contributed by atoms with Crippen molar-refractivity contribution in [3.05, 3.63) is 63.4 Å². The van der Waals surface area contributed by atoms with Crippen molar-refractivity contribution in [2.24, 2.45) is 5.73 Å². The fourth-order valence-corrected chi connectivity index (χ4v) is 5.64. The highest BCUT2D eigenvalue weighted by molar-refractivity contribution is 7.52. The van der Waals surface area contributed by atoms with Crippen LogP contribution in [0.4, 0.5) is 4.39 Å². The van der Waals surface area contributed by atoms with Crippen molar-refractivity contribution in [3.8, 4) is 5.75 Å². The van der Waals surface area contributed by atoms with E-state index >= 15 is 4.39 Å². The number of nitrogens with zero attached hydrogens (tertiary/aromatic N) is 2. The first kappa shape index (κ1) is 38.1. The van der Waals surface area contributed by atoms with Crippen molar-refractivity contribution >= 4 is 32.1 Å². The summed E-state index contributed by atoms with van der Waals surface area (Å²) in [6.07, 6.45) is -4.36. The van der Waals surface area contributed by atoms with Gasteiger partial charge in [-0.3, -0.25) is 23.5 Å². The third-order valence-corrected chi connectivity index (χ3v) is 8.08. The Balaban J connectivity index is 0.00000705. The average molecular weight is 681 g/mol. The Hall–Kier alpha value is -3.11. The second-order valence-electron chi connectivity index (χ2n) is 10.5. The molecule has 2 heterocycles. The summed E-state index contributed by atoms with van der Waals surface area (Å²) in [5, 5.41) is 13.3. The summed E-state index contributed by atoms with van der Waals surface area (Å²) >= 11 is 0. The summed E-state index contributed by atoms with van der Waals surface area (Å²) in [4.78, 5) is 49.7. The molecule has 18 heteroatoms. The minimum absolute atomic E-state index is 0. The molecule has 1 aromatic carbocycles. The molecular formula is C27H39ClFN4O11P. The molecular weight excluding hydrogens is 642 g/mol. The first-order chi connectivity index (χ1) is 20.7. The number of hydrogen-bond donors (Lipinski definition) is 3. The molecule has 252 valence electrons. The lowest BCUT2D eigenvalue weighted by Crippen LogP contribution is -2.46. The topological polar surface area (TPSA) is 200 Å². The van der Waals surface area contributed by atoms with Crippen LogP contribution < -0.4 is 26.6 Å². The summed E-state index contributed by atoms with van der Waals surface area (Å²) < 4.78 is 57.8. The molecule has 1 aromatic heterocycles. The van der Waals surface area contributed by atoms with Crippen LogP contribution in [-0.2, 0) is 39.6 Å². The Bertz CT molecular complexity index is 1460. The van der Waals surface area contributed by atoms with Gasteiger partial charge in [-0.15, -0.1) is 12.4 Å². The number of rotatable bonds is 15. The predicted molar refractivity (Wildman–Crippen MR) is 160 cm³/mol. The molecule has 15 nitrogen and oxygen atoms in total. The van der Waals surface area contributed by atoms with Gasteiger partial charge in [-0.2, -0.15) is 5.09 Å². The Morgan fingerprint density at radius 1 is 1.20 bits per heavy atom. The first-order valence-electron chi connectivity index (χ1n) is 13.9. The lowest BCUT2D eigenvalue weighted by molar-refractivity contribution is -0.149. The van der Waals surface area contributed by atoms with Gasteiger partial charge in [0.05, 0.1) is 12.7 Å². The number of alkyl halides is 1. The van der Waals surface area contributed by atoms with Gasteiger partial charge < -0.3 is 29.6 Å². The molecule has 1 saturated heterocycles. The lowest BCUT2D eigenvalue weighted by Gasteiger charge is -2.25. The molecule has 0 saturated carbocycles. The minimum Gasteiger partial charge on any atom is -0.462 e. The molecule has 0 amide bonds. The maximum absolute atomic E-state index is 15.9. The fourth-order valence-electron chi connectivity index (χ4n) is 4.14. The number of nitrogens with two attached hydrogens (primary N) is 1. The molecule has 0 spiro atoms. The Morgan fingerprint density at radius 2 is 1.87 bits per heavy atom. The average Bonchev–Trinajstić information content (AvgIpc) is 3.18. The third-order valence-electron chi connectivity index (χ3n) is 6.44. The van der Waals surface area contributed by atoms with Crippen molar-refractivity contribution in [2.45, 2.75) is 83.5 Å². The summed E-state index contributed by atoms with van der Waals surface area (Å²) in [6, 6.07) is 7.66. The number of hydrogen-bond acceptors (Lipinski definition) is 12. The molecule has 0 radical (unpaired) electrons. The van der Waals surface area contributed by atoms with Crippen molar-refractivity contribution in [2.75, 3.05) is 13.2 Å². The monoisotopic (exact) mass is 680 g/mol. The van der Waals surface area contributed by atoms with Crippen LogP contribution in [0.2, 0.25) is 0 Å². The zero-order valence-electron chi connectivity index (χ0n) is 25.2. The van der Waals surface area contributed by atoms with Gasteiger partial charge >= 0.3 is 25.4 Å². The maximum atomic E-state index is 15.9. The number of esters is 2. The molecule has 0 aliphatic carbocycles. The highest BCUT2D eigenvalue weighted by atomic mass is 35.5. The Morgan fingerprint density at radius 3 is 2.49 bits per heavy atom. The molecule has 1 aliphatic heterocycles. The Labute approximate surface area is 264 Å². The van der Waals surface area contributed by atoms with Crippen molar-refractivity contribution in [3.63, 3.8) is 0 Å². The first-order valence-corrected chi connectivity index (χ1v) is 15.4. The highest BCUT2D eigenvalue weighted by Crippen LogP contribution is 2.47. The molecule has 3 rings (SSSR count). The van der Waals surface area contributed by atoms with Gasteiger partial charge in [-0.05, 0) is 52.8 Å². The number of nitrogens with one attached hydrogen (secondary N) is 1. The summed E-state index contributed by atoms with van der Waals surface area (Å²) in [7, 11) is -4.39. The van der Waals surface area contributed by atoms with Crippen LogP contribution in [0.25, 0.3) is 0 Å². The van der Waals surface area contributed by atoms with Gasteiger partial charge in [-0.25, -0.2) is 18.3 Å². The van der Waals surface area contributed by atoms with E-state index < -0.39 is 80.5 Å². The van der Waals surface area contributed by atoms with Crippen LogP contribution in [0.5, 0.6) is 5.75 Å². The zero-order valence-corrected chi connectivity index (χ0v) is 26.9. The number of halogens is 2. The van der Waals surface area contributed by atoms with Crippen molar-refractivity contribution in [1.82, 2.24) is 14.2 Å². The predicted octanol–water partition coefficient (Wildman–Crippen LogP) is 1.79. The molecule has 45 heavy (non-hydrogen) atoms. The van der Waals surface area contributed by atoms with Crippen LogP contribution in [0, 0.1) is 0 Å². The van der Waals surface area contributed by atoms with E-state index in [1.54, 1.807) is 32.0 Å². The summed E-state index contributed by atoms with van der Waals surface area (Å²) in [5.74, 6) is -1.32. The molecule has 2 aromatic rings. The number of carbonyl (C=O) groups excluding carboxylic acids is 2. The van der Waals surface area contributed by atoms with E-state index in [2.05, 4.69) is 5.09 Å². The van der Waals surface area contributed by atoms with E-state index in [-0.39, 0.29) is 31.1 Å². The van der Waals surface area contributed by atoms with Gasteiger partial charge in [0.15, 0.2) is 18.6 Å². The number of ether oxygens (including phenoxy) is 3. The normalized spacial score (nSPS) is 23.1. The molecule has 4 N–H and O–H groups in total. The van der Waals surface area contributed by atoms with Gasteiger partial charge in [-0.1, -0.05) is 18.2 Å². The highest BCUT2D eigenvalue weighted by Gasteiger charge is 2.56. The minimum atomic E-state index is -4.39. The molecule has 1 fully saturated rings. The van der Waals surface area contributed by atoms with Gasteiger partial charge in [0, 0.05) is 18.7 Å². The molecule has 1 aliphatic rings. The number of aromatic nitrogens is 2. The number of aliphatic hydroxyl groups excluding tert-OH is 1. The van der Waals surface area contributed by atoms with Crippen LogP contribution in [0.15, 0.2) is 52.2 Å². The Kier molecular flexibility index (Phi) is 13.9. The zero-order chi connectivity index (χ0) is 32.7. The SMILES string of the molecule is CC(C)OC(=O)[C@H](C)N[P@](=O)(OC[C@H]1O[C@@H](n2ccc(=O)n(COC(=O)CCCN)c2=O)[C@](C)(F)[C@@H]1O)Oc1ccccc1.Cl. The second kappa shape index (κ2) is 16.5. The lowest BCUT2D eigenvalue weighted by atomic mass is 9.98. The smallest absolute Gasteiger partial charge is 0.459 e. The summed E-state index contributed by atoms with van der Waals surface area (Å²) in [6.45, 7) is 4.40. The quantitative estimate of drug-likeness (QED) is 0.182. The van der Waals surface area contributed by atoms with E-state index in [0.29, 0.717) is 11.0 Å². The number of carbonyl (C=O) groups is 2. The van der Waals surface area contributed by atoms with E-state index in [1.165, 1.54) is 19.1 Å². The largest absolute Gasteiger partial charge is 0.462 e. The van der Waals surface area contributed by atoms with E-state index in [0.717, 1.165) is 23.8 Å². The third kappa shape index (κ3) is 9.94. The van der Waals surface area contributed by atoms with Crippen LogP contribution in [0.1, 0.15) is 46.8 Å². The molecule has 0 unspecified atom stereocenters. The van der Waals surface area contributed by atoms with Gasteiger partial charge in [0.1, 0.15) is 24.0 Å². The number of benzene rings is 1. The van der Waals surface area contributed by atoms with Gasteiger partial charge in [0.2, 0.25) is 0 Å². The maximum Gasteiger partial charge on any atom is 0.459 e. The van der Waals surface area contributed by atoms with Gasteiger partial charge in [0.25, 0.3) is 5.56 Å². The molecule has 6 atom stereocenters. The molecule has 0 bridgehead atoms. The van der Waals surface area contributed by atoms with E-state index in [4.69, 9.17) is 29.0 Å².